The van der Waals surface area contributed by atoms with Gasteiger partial charge in [-0.2, -0.15) is 0 Å². The van der Waals surface area contributed by atoms with Crippen molar-refractivity contribution in [2.45, 2.75) is 39.2 Å². The molecule has 2 aliphatic heterocycles. The van der Waals surface area contributed by atoms with Crippen LogP contribution in [-0.2, 0) is 10.2 Å². The van der Waals surface area contributed by atoms with Gasteiger partial charge in [0.25, 0.3) is 5.91 Å². The number of carbonyl (C=O) groups is 1. The molecular formula is C28H32N2O4. The molecule has 1 fully saturated rings. The highest BCUT2D eigenvalue weighted by Crippen LogP contribution is 2.38. The van der Waals surface area contributed by atoms with Crippen LogP contribution in [0.3, 0.4) is 0 Å². The Morgan fingerprint density at radius 1 is 0.971 bits per heavy atom. The van der Waals surface area contributed by atoms with Gasteiger partial charge in [0.2, 0.25) is 5.76 Å². The van der Waals surface area contributed by atoms with Gasteiger partial charge in [-0.3, -0.25) is 14.5 Å². The first-order valence-electron chi connectivity index (χ1n) is 12.0. The van der Waals surface area contributed by atoms with E-state index in [0.717, 1.165) is 30.8 Å². The second kappa shape index (κ2) is 8.67. The molecule has 2 aromatic carbocycles. The van der Waals surface area contributed by atoms with E-state index in [1.165, 1.54) is 5.56 Å². The third kappa shape index (κ3) is 4.05. The van der Waals surface area contributed by atoms with Crippen LogP contribution in [0.5, 0.6) is 0 Å². The fraction of sp³-hybridized carbons (Fsp3) is 0.429. The van der Waals surface area contributed by atoms with Crippen molar-refractivity contribution in [2.75, 3.05) is 39.4 Å². The summed E-state index contributed by atoms with van der Waals surface area (Å²) in [5.74, 6) is -0.0408. The standard InChI is InChI=1S/C28H32N2O4/c1-18-5-10-22-21(17-18)25(31)23-24(19-6-8-20(9-7-19)28(2,3)4)30(27(32)26(23)34-22)12-11-29-13-15-33-16-14-29/h5-10,17,24H,11-16H2,1-4H3. The SMILES string of the molecule is Cc1ccc2oc3c(c(=O)c2c1)C(c1ccc(C(C)(C)C)cc1)N(CCN1CCOCC1)C3=O. The zero-order chi connectivity index (χ0) is 24.0. The summed E-state index contributed by atoms with van der Waals surface area (Å²) < 4.78 is 11.5. The second-order valence-corrected chi connectivity index (χ2v) is 10.4. The topological polar surface area (TPSA) is 63.0 Å². The van der Waals surface area contributed by atoms with Crippen LogP contribution in [0.15, 0.2) is 51.7 Å². The number of fused-ring (bicyclic) bond motifs is 2. The van der Waals surface area contributed by atoms with Gasteiger partial charge in [-0.1, -0.05) is 56.7 Å². The zero-order valence-corrected chi connectivity index (χ0v) is 20.4. The van der Waals surface area contributed by atoms with E-state index in [1.54, 1.807) is 6.07 Å². The van der Waals surface area contributed by atoms with Gasteiger partial charge in [0, 0.05) is 26.2 Å². The first-order valence-corrected chi connectivity index (χ1v) is 12.0. The van der Waals surface area contributed by atoms with Crippen molar-refractivity contribution in [3.05, 3.63) is 80.7 Å². The molecule has 1 unspecified atom stereocenters. The summed E-state index contributed by atoms with van der Waals surface area (Å²) in [5.41, 5.74) is 3.94. The maximum absolute atomic E-state index is 13.7. The average Bonchev–Trinajstić information content (AvgIpc) is 3.10. The minimum Gasteiger partial charge on any atom is -0.450 e. The minimum absolute atomic E-state index is 0.0186. The third-order valence-electron chi connectivity index (χ3n) is 6.97. The zero-order valence-electron chi connectivity index (χ0n) is 20.4. The number of hydrogen-bond acceptors (Lipinski definition) is 5. The number of hydrogen-bond donors (Lipinski definition) is 0. The molecule has 2 aliphatic rings. The number of ether oxygens (including phenoxy) is 1. The number of rotatable bonds is 4. The summed E-state index contributed by atoms with van der Waals surface area (Å²) in [7, 11) is 0. The predicted molar refractivity (Wildman–Crippen MR) is 133 cm³/mol. The van der Waals surface area contributed by atoms with E-state index in [9.17, 15) is 9.59 Å². The molecule has 0 spiro atoms. The summed E-state index contributed by atoms with van der Waals surface area (Å²) >= 11 is 0. The molecular weight excluding hydrogens is 428 g/mol. The highest BCUT2D eigenvalue weighted by atomic mass is 16.5. The molecule has 1 aromatic heterocycles. The van der Waals surface area contributed by atoms with Crippen LogP contribution < -0.4 is 5.43 Å². The van der Waals surface area contributed by atoms with Crippen LogP contribution in [-0.4, -0.2) is 55.1 Å². The van der Waals surface area contributed by atoms with Gasteiger partial charge < -0.3 is 14.1 Å². The van der Waals surface area contributed by atoms with Crippen molar-refractivity contribution in [2.24, 2.45) is 0 Å². The van der Waals surface area contributed by atoms with Crippen molar-refractivity contribution in [3.8, 4) is 0 Å². The van der Waals surface area contributed by atoms with Crippen molar-refractivity contribution < 1.29 is 13.9 Å². The molecule has 3 aromatic rings. The van der Waals surface area contributed by atoms with E-state index in [-0.39, 0.29) is 22.5 Å². The number of aryl methyl sites for hydroxylation is 1. The lowest BCUT2D eigenvalue weighted by molar-refractivity contribution is 0.0314. The van der Waals surface area contributed by atoms with Gasteiger partial charge in [0.1, 0.15) is 5.58 Å². The molecule has 1 atom stereocenters. The summed E-state index contributed by atoms with van der Waals surface area (Å²) in [6.45, 7) is 12.8. The molecule has 0 aliphatic carbocycles. The Hall–Kier alpha value is -2.96. The van der Waals surface area contributed by atoms with E-state index in [2.05, 4.69) is 49.9 Å². The Morgan fingerprint density at radius 2 is 1.68 bits per heavy atom. The molecule has 178 valence electrons. The van der Waals surface area contributed by atoms with Gasteiger partial charge >= 0.3 is 0 Å². The molecule has 0 radical (unpaired) electrons. The number of nitrogens with zero attached hydrogens (tertiary/aromatic N) is 2. The van der Waals surface area contributed by atoms with E-state index < -0.39 is 6.04 Å². The Morgan fingerprint density at radius 3 is 2.35 bits per heavy atom. The Kier molecular flexibility index (Phi) is 5.82. The first kappa shape index (κ1) is 22.8. The lowest BCUT2D eigenvalue weighted by atomic mass is 9.86. The number of morpholine rings is 1. The number of benzene rings is 2. The largest absolute Gasteiger partial charge is 0.450 e. The Labute approximate surface area is 200 Å². The van der Waals surface area contributed by atoms with Gasteiger partial charge in [-0.25, -0.2) is 0 Å². The molecule has 6 nitrogen and oxygen atoms in total. The normalized spacial score (nSPS) is 19.1. The minimum atomic E-state index is -0.460. The van der Waals surface area contributed by atoms with Gasteiger partial charge in [0.05, 0.1) is 30.2 Å². The van der Waals surface area contributed by atoms with E-state index >= 15 is 0 Å². The third-order valence-corrected chi connectivity index (χ3v) is 6.97. The van der Waals surface area contributed by atoms with Crippen LogP contribution >= 0.6 is 0 Å². The lowest BCUT2D eigenvalue weighted by Crippen LogP contribution is -2.42. The van der Waals surface area contributed by atoms with Gasteiger partial charge in [-0.05, 0) is 35.6 Å². The Bertz CT molecular complexity index is 1280. The van der Waals surface area contributed by atoms with Crippen LogP contribution in [0.1, 0.15) is 59.6 Å². The summed E-state index contributed by atoms with van der Waals surface area (Å²) in [6, 6.07) is 13.4. The van der Waals surface area contributed by atoms with Gasteiger partial charge in [0.15, 0.2) is 5.43 Å². The van der Waals surface area contributed by atoms with Crippen LogP contribution in [0, 0.1) is 6.92 Å². The smallest absolute Gasteiger partial charge is 0.290 e. The van der Waals surface area contributed by atoms with E-state index in [1.807, 2.05) is 24.0 Å². The van der Waals surface area contributed by atoms with Crippen molar-refractivity contribution in [1.82, 2.24) is 9.80 Å². The van der Waals surface area contributed by atoms with Crippen molar-refractivity contribution in [1.29, 1.82) is 0 Å². The molecule has 6 heteroatoms. The van der Waals surface area contributed by atoms with Crippen molar-refractivity contribution in [3.63, 3.8) is 0 Å². The molecule has 5 rings (SSSR count). The number of amides is 1. The monoisotopic (exact) mass is 460 g/mol. The highest BCUT2D eigenvalue weighted by Gasteiger charge is 2.42. The molecule has 0 bridgehead atoms. The van der Waals surface area contributed by atoms with Crippen LogP contribution in [0.2, 0.25) is 0 Å². The molecule has 0 saturated carbocycles. The fourth-order valence-corrected chi connectivity index (χ4v) is 4.95. The average molecular weight is 461 g/mol. The second-order valence-electron chi connectivity index (χ2n) is 10.4. The maximum atomic E-state index is 13.7. The van der Waals surface area contributed by atoms with Crippen molar-refractivity contribution >= 4 is 16.9 Å². The molecule has 1 saturated heterocycles. The number of carbonyl (C=O) groups excluding carboxylic acids is 1. The highest BCUT2D eigenvalue weighted by molar-refractivity contribution is 5.99. The summed E-state index contributed by atoms with van der Waals surface area (Å²) in [5, 5.41) is 0.526. The van der Waals surface area contributed by atoms with Gasteiger partial charge in [-0.15, -0.1) is 0 Å². The molecule has 3 heterocycles. The van der Waals surface area contributed by atoms with E-state index in [0.29, 0.717) is 36.3 Å². The molecule has 1 amide bonds. The lowest BCUT2D eigenvalue weighted by Gasteiger charge is -2.31. The Balaban J connectivity index is 1.60. The van der Waals surface area contributed by atoms with E-state index in [4.69, 9.17) is 9.15 Å². The maximum Gasteiger partial charge on any atom is 0.290 e. The van der Waals surface area contributed by atoms with Crippen LogP contribution in [0.4, 0.5) is 0 Å². The summed E-state index contributed by atoms with van der Waals surface area (Å²) in [4.78, 5) is 31.4. The molecule has 0 N–H and O–H groups in total. The van der Waals surface area contributed by atoms with Crippen LogP contribution in [0.25, 0.3) is 11.0 Å². The quantitative estimate of drug-likeness (QED) is 0.582. The fourth-order valence-electron chi connectivity index (χ4n) is 4.95. The molecule has 34 heavy (non-hydrogen) atoms. The summed E-state index contributed by atoms with van der Waals surface area (Å²) in [6.07, 6.45) is 0. The predicted octanol–water partition coefficient (Wildman–Crippen LogP) is 4.28. The first-order chi connectivity index (χ1) is 16.2.